The van der Waals surface area contributed by atoms with E-state index < -0.39 is 6.86 Å². The second-order valence-corrected chi connectivity index (χ2v) is 9.37. The van der Waals surface area contributed by atoms with Crippen LogP contribution in [0.2, 0.25) is 6.55 Å². The molecule has 0 aromatic rings. The zero-order chi connectivity index (χ0) is 6.78. The number of rotatable bonds is 2. The fourth-order valence-corrected chi connectivity index (χ4v) is 2.83. The molecule has 0 aliphatic carbocycles. The zero-order valence-corrected chi connectivity index (χ0v) is 7.85. The molecule has 0 saturated heterocycles. The lowest BCUT2D eigenvalue weighted by Crippen LogP contribution is -2.41. The van der Waals surface area contributed by atoms with Crippen molar-refractivity contribution in [3.8, 4) is 0 Å². The van der Waals surface area contributed by atoms with Crippen molar-refractivity contribution in [3.63, 3.8) is 0 Å². The molecule has 0 spiro atoms. The van der Waals surface area contributed by atoms with E-state index in [4.69, 9.17) is 22.2 Å². The molecule has 0 bridgehead atoms. The van der Waals surface area contributed by atoms with Crippen molar-refractivity contribution >= 4 is 29.0 Å². The Morgan fingerprint density at radius 2 is 1.75 bits per heavy atom. The van der Waals surface area contributed by atoms with Gasteiger partial charge in [-0.1, -0.05) is 13.8 Å². The topological polar surface area (TPSA) is 12.0 Å². The van der Waals surface area contributed by atoms with Gasteiger partial charge in [-0.15, -0.1) is 22.2 Å². The molecule has 0 unspecified atom stereocenters. The third-order valence-corrected chi connectivity index (χ3v) is 2.28. The van der Waals surface area contributed by atoms with Crippen LogP contribution in [0.3, 0.4) is 0 Å². The summed E-state index contributed by atoms with van der Waals surface area (Å²) >= 11 is 11.4. The van der Waals surface area contributed by atoms with Crippen molar-refractivity contribution in [1.82, 2.24) is 4.98 Å². The molecule has 0 radical (unpaired) electrons. The van der Waals surface area contributed by atoms with E-state index in [0.29, 0.717) is 6.04 Å². The van der Waals surface area contributed by atoms with Gasteiger partial charge in [-0.2, -0.15) is 0 Å². The molecule has 0 rings (SSSR count). The first-order chi connectivity index (χ1) is 3.42. The Hall–Kier alpha value is 0.757. The Morgan fingerprint density at radius 3 is 1.75 bits per heavy atom. The number of nitrogens with one attached hydrogen (secondary N) is 1. The minimum Gasteiger partial charge on any atom is -0.312 e. The first-order valence-electron chi connectivity index (χ1n) is 2.57. The number of halogens is 2. The lowest BCUT2D eigenvalue weighted by molar-refractivity contribution is 0.748. The van der Waals surface area contributed by atoms with Crippen molar-refractivity contribution in [2.45, 2.75) is 26.4 Å². The number of hydrogen-bond donors (Lipinski definition) is 1. The molecular formula is C4H11Cl2NSi. The molecule has 1 nitrogen and oxygen atoms in total. The molecule has 0 aliphatic rings. The molecule has 50 valence electrons. The fraction of sp³-hybridized carbons (Fsp3) is 1.00. The van der Waals surface area contributed by atoms with Crippen LogP contribution in [0.25, 0.3) is 0 Å². The van der Waals surface area contributed by atoms with Crippen LogP contribution < -0.4 is 4.98 Å². The summed E-state index contributed by atoms with van der Waals surface area (Å²) in [5, 5.41) is 0. The van der Waals surface area contributed by atoms with E-state index in [0.717, 1.165) is 0 Å². The summed E-state index contributed by atoms with van der Waals surface area (Å²) in [5.41, 5.74) is 0. The van der Waals surface area contributed by atoms with Gasteiger partial charge in [-0.3, -0.25) is 0 Å². The maximum atomic E-state index is 5.72. The summed E-state index contributed by atoms with van der Waals surface area (Å²) in [6.45, 7) is 3.87. The normalized spacial score (nSPS) is 12.8. The molecule has 0 fully saturated rings. The molecule has 8 heavy (non-hydrogen) atoms. The van der Waals surface area contributed by atoms with Crippen LogP contribution in [-0.2, 0) is 0 Å². The van der Waals surface area contributed by atoms with Gasteiger partial charge in [0.2, 0.25) is 0 Å². The lowest BCUT2D eigenvalue weighted by atomic mass is 10.4. The van der Waals surface area contributed by atoms with E-state index in [1.54, 1.807) is 0 Å². The molecule has 0 saturated carbocycles. The molecule has 1 N–H and O–H groups in total. The van der Waals surface area contributed by atoms with E-state index in [9.17, 15) is 0 Å². The largest absolute Gasteiger partial charge is 0.319 e. The Kier molecular flexibility index (Phi) is 3.35. The summed E-state index contributed by atoms with van der Waals surface area (Å²) < 4.78 is 0. The van der Waals surface area contributed by atoms with Crippen molar-refractivity contribution in [3.05, 3.63) is 0 Å². The smallest absolute Gasteiger partial charge is 0.312 e. The Labute approximate surface area is 60.9 Å². The van der Waals surface area contributed by atoms with Crippen molar-refractivity contribution in [2.75, 3.05) is 0 Å². The minimum absolute atomic E-state index is 0.390. The van der Waals surface area contributed by atoms with E-state index in [1.165, 1.54) is 0 Å². The third kappa shape index (κ3) is 6.76. The molecule has 0 atom stereocenters. The molecule has 0 amide bonds. The summed E-state index contributed by atoms with van der Waals surface area (Å²) in [6.07, 6.45) is 0. The first-order valence-corrected chi connectivity index (χ1v) is 7.10. The molecule has 4 heteroatoms. The maximum Gasteiger partial charge on any atom is 0.319 e. The lowest BCUT2D eigenvalue weighted by Gasteiger charge is -2.15. The summed E-state index contributed by atoms with van der Waals surface area (Å²) in [5.74, 6) is 0. The monoisotopic (exact) mass is 171 g/mol. The van der Waals surface area contributed by atoms with Crippen molar-refractivity contribution in [1.29, 1.82) is 0 Å². The van der Waals surface area contributed by atoms with E-state index in [1.807, 2.05) is 20.4 Å². The predicted molar refractivity (Wildman–Crippen MR) is 41.6 cm³/mol. The van der Waals surface area contributed by atoms with Gasteiger partial charge in [0.1, 0.15) is 0 Å². The molecule has 0 aliphatic heterocycles. The second-order valence-electron chi connectivity index (χ2n) is 2.19. The van der Waals surface area contributed by atoms with Crippen LogP contribution in [0.15, 0.2) is 0 Å². The van der Waals surface area contributed by atoms with E-state index >= 15 is 0 Å². The highest BCUT2D eigenvalue weighted by molar-refractivity contribution is 7.43. The van der Waals surface area contributed by atoms with Gasteiger partial charge in [0, 0.05) is 0 Å². The van der Waals surface area contributed by atoms with E-state index in [-0.39, 0.29) is 0 Å². The van der Waals surface area contributed by atoms with Gasteiger partial charge >= 0.3 is 6.86 Å². The summed E-state index contributed by atoms with van der Waals surface area (Å²) in [7, 11) is 0. The molecule has 0 aromatic heterocycles. The van der Waals surface area contributed by atoms with Crippen LogP contribution in [0, 0.1) is 0 Å². The standard InChI is InChI=1S/C4H11Cl2NSi/c1-4(2)7-8(3,5)6/h4,7H,1-3H3. The molecule has 0 heterocycles. The van der Waals surface area contributed by atoms with Crippen LogP contribution in [-0.4, -0.2) is 12.9 Å². The fourth-order valence-electron chi connectivity index (χ4n) is 0.507. The minimum atomic E-state index is -2.03. The van der Waals surface area contributed by atoms with Gasteiger partial charge in [-0.05, 0) is 12.6 Å². The highest BCUT2D eigenvalue weighted by Gasteiger charge is 2.20. The van der Waals surface area contributed by atoms with Crippen LogP contribution in [0.5, 0.6) is 0 Å². The Morgan fingerprint density at radius 1 is 1.38 bits per heavy atom. The van der Waals surface area contributed by atoms with Crippen LogP contribution in [0.4, 0.5) is 0 Å². The van der Waals surface area contributed by atoms with Crippen LogP contribution >= 0.6 is 22.2 Å². The maximum absolute atomic E-state index is 5.72. The highest BCUT2D eigenvalue weighted by Crippen LogP contribution is 2.09. The Balaban J connectivity index is 3.39. The van der Waals surface area contributed by atoms with Gasteiger partial charge in [0.15, 0.2) is 0 Å². The van der Waals surface area contributed by atoms with Crippen LogP contribution in [0.1, 0.15) is 13.8 Å². The summed E-state index contributed by atoms with van der Waals surface area (Å²) in [4.78, 5) is 3.05. The zero-order valence-electron chi connectivity index (χ0n) is 5.33. The predicted octanol–water partition coefficient (Wildman–Crippen LogP) is 2.03. The summed E-state index contributed by atoms with van der Waals surface area (Å²) in [6, 6.07) is 0.390. The van der Waals surface area contributed by atoms with Gasteiger partial charge in [0.25, 0.3) is 0 Å². The first kappa shape index (κ1) is 8.76. The van der Waals surface area contributed by atoms with Crippen molar-refractivity contribution in [2.24, 2.45) is 0 Å². The highest BCUT2D eigenvalue weighted by atomic mass is 35.7. The molecule has 0 aromatic carbocycles. The average Bonchev–Trinajstić information content (AvgIpc) is 1.21. The van der Waals surface area contributed by atoms with Gasteiger partial charge in [-0.25, -0.2) is 0 Å². The quantitative estimate of drug-likeness (QED) is 0.496. The Bertz CT molecular complexity index is 68.9. The van der Waals surface area contributed by atoms with E-state index in [2.05, 4.69) is 4.98 Å². The second kappa shape index (κ2) is 3.06. The molecular weight excluding hydrogens is 161 g/mol. The SMILES string of the molecule is CC(C)N[Si](C)(Cl)Cl. The van der Waals surface area contributed by atoms with Gasteiger partial charge in [0.05, 0.1) is 0 Å². The average molecular weight is 172 g/mol. The third-order valence-electron chi connectivity index (χ3n) is 0.542. The van der Waals surface area contributed by atoms with Crippen molar-refractivity contribution < 1.29 is 0 Å². The van der Waals surface area contributed by atoms with Gasteiger partial charge < -0.3 is 4.98 Å². The number of hydrogen-bond acceptors (Lipinski definition) is 1.